The van der Waals surface area contributed by atoms with Crippen LogP contribution < -0.4 is 10.6 Å². The first kappa shape index (κ1) is 13.8. The maximum atomic E-state index is 12.1. The molecule has 0 aliphatic carbocycles. The second-order valence-corrected chi connectivity index (χ2v) is 5.56. The van der Waals surface area contributed by atoms with Gasteiger partial charge in [-0.3, -0.25) is 9.69 Å². The summed E-state index contributed by atoms with van der Waals surface area (Å²) in [7, 11) is 0. The van der Waals surface area contributed by atoms with Crippen molar-refractivity contribution in [2.75, 3.05) is 45.9 Å². The van der Waals surface area contributed by atoms with Gasteiger partial charge in [0.15, 0.2) is 0 Å². The molecule has 2 aliphatic rings. The largest absolute Gasteiger partial charge is 0.379 e. The van der Waals surface area contributed by atoms with Crippen molar-refractivity contribution in [1.29, 1.82) is 0 Å². The number of amides is 1. The number of rotatable bonds is 4. The molecule has 2 fully saturated rings. The lowest BCUT2D eigenvalue weighted by Gasteiger charge is -2.30. The van der Waals surface area contributed by atoms with Gasteiger partial charge in [-0.2, -0.15) is 0 Å². The van der Waals surface area contributed by atoms with Crippen molar-refractivity contribution in [2.24, 2.45) is 11.8 Å². The molecule has 0 aromatic carbocycles. The number of carbonyl (C=O) groups is 1. The minimum Gasteiger partial charge on any atom is -0.379 e. The highest BCUT2D eigenvalue weighted by atomic mass is 16.5. The summed E-state index contributed by atoms with van der Waals surface area (Å²) in [5.41, 5.74) is 0. The van der Waals surface area contributed by atoms with Crippen LogP contribution in [0.1, 0.15) is 13.8 Å². The number of hydrogen-bond acceptors (Lipinski definition) is 4. The van der Waals surface area contributed by atoms with Crippen LogP contribution in [0, 0.1) is 11.8 Å². The van der Waals surface area contributed by atoms with Gasteiger partial charge in [0.1, 0.15) is 0 Å². The zero-order chi connectivity index (χ0) is 13.0. The molecule has 104 valence electrons. The molecule has 0 aromatic rings. The first-order valence-electron chi connectivity index (χ1n) is 6.98. The van der Waals surface area contributed by atoms with Crippen molar-refractivity contribution in [3.63, 3.8) is 0 Å². The Bertz CT molecular complexity index is 279. The van der Waals surface area contributed by atoms with E-state index < -0.39 is 0 Å². The minimum absolute atomic E-state index is 0.136. The maximum absolute atomic E-state index is 12.1. The molecule has 3 atom stereocenters. The highest BCUT2D eigenvalue weighted by Gasteiger charge is 2.30. The Hall–Kier alpha value is -0.650. The molecule has 2 aliphatic heterocycles. The zero-order valence-electron chi connectivity index (χ0n) is 11.4. The van der Waals surface area contributed by atoms with Crippen molar-refractivity contribution in [1.82, 2.24) is 15.5 Å². The van der Waals surface area contributed by atoms with E-state index in [1.807, 2.05) is 0 Å². The van der Waals surface area contributed by atoms with Gasteiger partial charge < -0.3 is 15.4 Å². The van der Waals surface area contributed by atoms with Crippen LogP contribution in [0.4, 0.5) is 0 Å². The molecule has 0 aromatic heterocycles. The van der Waals surface area contributed by atoms with Gasteiger partial charge in [0.2, 0.25) is 5.91 Å². The van der Waals surface area contributed by atoms with Crippen molar-refractivity contribution < 1.29 is 9.53 Å². The predicted molar refractivity (Wildman–Crippen MR) is 70.4 cm³/mol. The standard InChI is InChI=1S/C13H25N3O2/c1-10-7-14-8-12(10)13(17)15-11(2)9-16-3-5-18-6-4-16/h10-12,14H,3-9H2,1-2H3,(H,15,17)/t10-,11?,12-/m1/s1. The summed E-state index contributed by atoms with van der Waals surface area (Å²) in [5, 5.41) is 6.41. The fourth-order valence-electron chi connectivity index (χ4n) is 2.73. The fraction of sp³-hybridized carbons (Fsp3) is 0.923. The Morgan fingerprint density at radius 2 is 2.17 bits per heavy atom. The highest BCUT2D eigenvalue weighted by molar-refractivity contribution is 5.79. The van der Waals surface area contributed by atoms with Crippen LogP contribution in [0.2, 0.25) is 0 Å². The highest BCUT2D eigenvalue weighted by Crippen LogP contribution is 2.15. The van der Waals surface area contributed by atoms with Gasteiger partial charge in [0, 0.05) is 32.2 Å². The van der Waals surface area contributed by atoms with Crippen LogP contribution >= 0.6 is 0 Å². The lowest BCUT2D eigenvalue weighted by atomic mass is 9.97. The Labute approximate surface area is 109 Å². The number of carbonyl (C=O) groups excluding carboxylic acids is 1. The minimum atomic E-state index is 0.136. The number of ether oxygens (including phenoxy) is 1. The van der Waals surface area contributed by atoms with E-state index in [4.69, 9.17) is 4.74 Å². The molecule has 2 heterocycles. The van der Waals surface area contributed by atoms with Crippen molar-refractivity contribution in [3.8, 4) is 0 Å². The lowest BCUT2D eigenvalue weighted by Crippen LogP contribution is -2.48. The SMILES string of the molecule is CC(CN1CCOCC1)NC(=O)[C@@H]1CNC[C@H]1C. The molecule has 2 rings (SSSR count). The number of morpholine rings is 1. The molecule has 2 N–H and O–H groups in total. The Morgan fingerprint density at radius 1 is 1.44 bits per heavy atom. The molecule has 0 radical (unpaired) electrons. The van der Waals surface area contributed by atoms with Crippen LogP contribution in [0.5, 0.6) is 0 Å². The lowest BCUT2D eigenvalue weighted by molar-refractivity contribution is -0.126. The maximum Gasteiger partial charge on any atom is 0.224 e. The van der Waals surface area contributed by atoms with E-state index in [0.717, 1.165) is 45.9 Å². The molecule has 1 amide bonds. The number of nitrogens with one attached hydrogen (secondary N) is 2. The smallest absolute Gasteiger partial charge is 0.224 e. The number of hydrogen-bond donors (Lipinski definition) is 2. The number of nitrogens with zero attached hydrogens (tertiary/aromatic N) is 1. The molecule has 1 unspecified atom stereocenters. The van der Waals surface area contributed by atoms with Gasteiger partial charge in [-0.05, 0) is 19.4 Å². The van der Waals surface area contributed by atoms with Crippen LogP contribution in [0.15, 0.2) is 0 Å². The average molecular weight is 255 g/mol. The summed E-state index contributed by atoms with van der Waals surface area (Å²) in [6.45, 7) is 10.5. The molecule has 18 heavy (non-hydrogen) atoms. The Balaban J connectivity index is 1.72. The van der Waals surface area contributed by atoms with Gasteiger partial charge in [0.25, 0.3) is 0 Å². The van der Waals surface area contributed by atoms with Crippen molar-refractivity contribution in [2.45, 2.75) is 19.9 Å². The van der Waals surface area contributed by atoms with E-state index in [1.165, 1.54) is 0 Å². The second-order valence-electron chi connectivity index (χ2n) is 5.56. The first-order valence-corrected chi connectivity index (χ1v) is 6.98. The molecule has 0 spiro atoms. The third-order valence-corrected chi connectivity index (χ3v) is 3.88. The summed E-state index contributed by atoms with van der Waals surface area (Å²) < 4.78 is 5.32. The topological polar surface area (TPSA) is 53.6 Å². The van der Waals surface area contributed by atoms with E-state index in [-0.39, 0.29) is 17.9 Å². The zero-order valence-corrected chi connectivity index (χ0v) is 11.4. The summed E-state index contributed by atoms with van der Waals surface area (Å²) in [5.74, 6) is 0.783. The molecule has 5 nitrogen and oxygen atoms in total. The Morgan fingerprint density at radius 3 is 2.78 bits per heavy atom. The van der Waals surface area contributed by atoms with E-state index in [9.17, 15) is 4.79 Å². The predicted octanol–water partition coefficient (Wildman–Crippen LogP) is -0.321. The fourth-order valence-corrected chi connectivity index (χ4v) is 2.73. The molecule has 0 saturated carbocycles. The van der Waals surface area contributed by atoms with Gasteiger partial charge >= 0.3 is 0 Å². The second kappa shape index (κ2) is 6.50. The molecule has 2 saturated heterocycles. The third kappa shape index (κ3) is 3.67. The Kier molecular flexibility index (Phi) is 4.97. The molecule has 5 heteroatoms. The van der Waals surface area contributed by atoms with Crippen LogP contribution in [-0.4, -0.2) is 62.8 Å². The van der Waals surface area contributed by atoms with Crippen LogP contribution in [0.25, 0.3) is 0 Å². The van der Waals surface area contributed by atoms with Crippen molar-refractivity contribution in [3.05, 3.63) is 0 Å². The van der Waals surface area contributed by atoms with E-state index in [2.05, 4.69) is 29.4 Å². The van der Waals surface area contributed by atoms with Gasteiger partial charge in [-0.15, -0.1) is 0 Å². The molecular weight excluding hydrogens is 230 g/mol. The van der Waals surface area contributed by atoms with Gasteiger partial charge in [-0.1, -0.05) is 6.92 Å². The average Bonchev–Trinajstić information content (AvgIpc) is 2.76. The quantitative estimate of drug-likeness (QED) is 0.723. The van der Waals surface area contributed by atoms with E-state index >= 15 is 0 Å². The van der Waals surface area contributed by atoms with E-state index in [0.29, 0.717) is 5.92 Å². The van der Waals surface area contributed by atoms with E-state index in [1.54, 1.807) is 0 Å². The molecular formula is C13H25N3O2. The van der Waals surface area contributed by atoms with Crippen LogP contribution in [-0.2, 0) is 9.53 Å². The van der Waals surface area contributed by atoms with Gasteiger partial charge in [0.05, 0.1) is 19.1 Å². The monoisotopic (exact) mass is 255 g/mol. The summed E-state index contributed by atoms with van der Waals surface area (Å²) >= 11 is 0. The van der Waals surface area contributed by atoms with Gasteiger partial charge in [-0.25, -0.2) is 0 Å². The summed E-state index contributed by atoms with van der Waals surface area (Å²) in [6.07, 6.45) is 0. The normalized spacial score (nSPS) is 31.2. The summed E-state index contributed by atoms with van der Waals surface area (Å²) in [4.78, 5) is 14.5. The third-order valence-electron chi connectivity index (χ3n) is 3.88. The van der Waals surface area contributed by atoms with Crippen LogP contribution in [0.3, 0.4) is 0 Å². The summed E-state index contributed by atoms with van der Waals surface area (Å²) in [6, 6.07) is 0.211. The van der Waals surface area contributed by atoms with Crippen molar-refractivity contribution >= 4 is 5.91 Å². The first-order chi connectivity index (χ1) is 8.66. The molecule has 0 bridgehead atoms.